The molecule has 2 saturated heterocycles. The van der Waals surface area contributed by atoms with Crippen molar-refractivity contribution in [3.63, 3.8) is 0 Å². The van der Waals surface area contributed by atoms with Gasteiger partial charge in [-0.15, -0.1) is 35.3 Å². The Morgan fingerprint density at radius 1 is 1.50 bits per heavy atom. The van der Waals surface area contributed by atoms with Crippen molar-refractivity contribution in [2.45, 2.75) is 38.0 Å². The second kappa shape index (κ2) is 11.9. The normalized spacial score (nSPS) is 27.2. The summed E-state index contributed by atoms with van der Waals surface area (Å²) in [6.07, 6.45) is 1.08. The molecule has 0 bridgehead atoms. The van der Waals surface area contributed by atoms with Crippen LogP contribution in [0.15, 0.2) is 22.5 Å². The number of rotatable bonds is 7. The predicted molar refractivity (Wildman–Crippen MR) is 130 cm³/mol. The highest BCUT2D eigenvalue weighted by molar-refractivity contribution is 14.0. The number of hydrogen-bond donors (Lipinski definition) is 3. The van der Waals surface area contributed by atoms with Crippen LogP contribution in [0.5, 0.6) is 0 Å². The molecule has 3 atom stereocenters. The summed E-state index contributed by atoms with van der Waals surface area (Å²) in [7, 11) is 0. The maximum Gasteiger partial charge on any atom is 0.191 e. The van der Waals surface area contributed by atoms with Gasteiger partial charge < -0.3 is 20.5 Å². The van der Waals surface area contributed by atoms with Gasteiger partial charge in [0.2, 0.25) is 0 Å². The fraction of sp³-hybridized carbons (Fsp3) is 0.737. The van der Waals surface area contributed by atoms with Gasteiger partial charge in [0.25, 0.3) is 0 Å². The van der Waals surface area contributed by atoms with Crippen molar-refractivity contribution >= 4 is 53.0 Å². The topological polar surface area (TPSA) is 69.1 Å². The van der Waals surface area contributed by atoms with E-state index in [4.69, 9.17) is 4.74 Å². The Balaban J connectivity index is 0.00000280. The lowest BCUT2D eigenvalue weighted by Gasteiger charge is -2.37. The number of nitrogens with zero attached hydrogens (tertiary/aromatic N) is 2. The SMILES string of the molecule is CCNC(=NCC1(O)CCSC1)NCC(c1cccs1)N1CCOC(C)C1.I. The number of nitrogens with one attached hydrogen (secondary N) is 2. The lowest BCUT2D eigenvalue weighted by molar-refractivity contribution is -0.0334. The molecule has 2 fully saturated rings. The first-order valence-electron chi connectivity index (χ1n) is 9.81. The van der Waals surface area contributed by atoms with Crippen molar-refractivity contribution in [1.82, 2.24) is 15.5 Å². The lowest BCUT2D eigenvalue weighted by Crippen LogP contribution is -2.48. The van der Waals surface area contributed by atoms with Gasteiger partial charge in [-0.2, -0.15) is 11.8 Å². The highest BCUT2D eigenvalue weighted by Gasteiger charge is 2.31. The zero-order chi connectivity index (χ0) is 19.1. The predicted octanol–water partition coefficient (Wildman–Crippen LogP) is 2.55. The van der Waals surface area contributed by atoms with Crippen molar-refractivity contribution in [3.05, 3.63) is 22.4 Å². The van der Waals surface area contributed by atoms with Gasteiger partial charge >= 0.3 is 0 Å². The molecule has 28 heavy (non-hydrogen) atoms. The first kappa shape index (κ1) is 24.2. The molecule has 3 heterocycles. The van der Waals surface area contributed by atoms with Gasteiger partial charge in [0.05, 0.1) is 30.9 Å². The summed E-state index contributed by atoms with van der Waals surface area (Å²) in [5, 5.41) is 19.5. The van der Waals surface area contributed by atoms with Crippen LogP contribution in [0, 0.1) is 0 Å². The average molecular weight is 541 g/mol. The third-order valence-electron chi connectivity index (χ3n) is 5.01. The number of thiophene rings is 1. The molecule has 3 unspecified atom stereocenters. The van der Waals surface area contributed by atoms with Gasteiger partial charge in [-0.25, -0.2) is 0 Å². The van der Waals surface area contributed by atoms with Crippen LogP contribution in [0.2, 0.25) is 0 Å². The third-order valence-corrected chi connectivity index (χ3v) is 7.21. The highest BCUT2D eigenvalue weighted by atomic mass is 127. The van der Waals surface area contributed by atoms with Crippen LogP contribution >= 0.6 is 47.1 Å². The van der Waals surface area contributed by atoms with E-state index in [0.717, 1.165) is 56.7 Å². The molecule has 0 radical (unpaired) electrons. The number of morpholine rings is 1. The Bertz CT molecular complexity index is 597. The second-order valence-corrected chi connectivity index (χ2v) is 9.39. The first-order valence-corrected chi connectivity index (χ1v) is 11.8. The van der Waals surface area contributed by atoms with Crippen LogP contribution in [-0.4, -0.2) is 78.5 Å². The number of halogens is 1. The van der Waals surface area contributed by atoms with Crippen LogP contribution in [0.25, 0.3) is 0 Å². The Kier molecular flexibility index (Phi) is 10.3. The van der Waals surface area contributed by atoms with Gasteiger partial charge in [-0.3, -0.25) is 9.89 Å². The van der Waals surface area contributed by atoms with Crippen molar-refractivity contribution in [3.8, 4) is 0 Å². The molecule has 2 aliphatic heterocycles. The molecular weight excluding hydrogens is 507 g/mol. The summed E-state index contributed by atoms with van der Waals surface area (Å²) >= 11 is 3.60. The summed E-state index contributed by atoms with van der Waals surface area (Å²) in [4.78, 5) is 8.53. The maximum absolute atomic E-state index is 10.6. The summed E-state index contributed by atoms with van der Waals surface area (Å²) in [6.45, 7) is 8.90. The summed E-state index contributed by atoms with van der Waals surface area (Å²) in [5.74, 6) is 2.58. The second-order valence-electron chi connectivity index (χ2n) is 7.31. The van der Waals surface area contributed by atoms with Crippen LogP contribution in [0.3, 0.4) is 0 Å². The van der Waals surface area contributed by atoms with Gasteiger partial charge in [0.1, 0.15) is 0 Å². The molecule has 3 N–H and O–H groups in total. The summed E-state index contributed by atoms with van der Waals surface area (Å²) < 4.78 is 5.72. The Labute approximate surface area is 193 Å². The van der Waals surface area contributed by atoms with Crippen molar-refractivity contribution in [2.24, 2.45) is 4.99 Å². The van der Waals surface area contributed by atoms with Crippen molar-refractivity contribution < 1.29 is 9.84 Å². The Hall–Kier alpha value is -0.0700. The smallest absolute Gasteiger partial charge is 0.191 e. The van der Waals surface area contributed by atoms with Gasteiger partial charge in [-0.1, -0.05) is 6.07 Å². The molecule has 0 spiro atoms. The molecule has 1 aromatic rings. The Morgan fingerprint density at radius 3 is 3.00 bits per heavy atom. The zero-order valence-corrected chi connectivity index (χ0v) is 20.7. The number of hydrogen-bond acceptors (Lipinski definition) is 6. The zero-order valence-electron chi connectivity index (χ0n) is 16.7. The molecule has 3 rings (SSSR count). The fourth-order valence-electron chi connectivity index (χ4n) is 3.50. The van der Waals surface area contributed by atoms with Crippen LogP contribution in [0.4, 0.5) is 0 Å². The van der Waals surface area contributed by atoms with E-state index in [1.807, 2.05) is 0 Å². The van der Waals surface area contributed by atoms with E-state index >= 15 is 0 Å². The molecule has 1 aromatic heterocycles. The number of guanidine groups is 1. The van der Waals surface area contributed by atoms with Crippen LogP contribution in [-0.2, 0) is 4.74 Å². The van der Waals surface area contributed by atoms with E-state index in [9.17, 15) is 5.11 Å². The molecule has 9 heteroatoms. The van der Waals surface area contributed by atoms with E-state index in [0.29, 0.717) is 12.6 Å². The highest BCUT2D eigenvalue weighted by Crippen LogP contribution is 2.28. The Morgan fingerprint density at radius 2 is 2.36 bits per heavy atom. The monoisotopic (exact) mass is 540 g/mol. The minimum atomic E-state index is -0.653. The van der Waals surface area contributed by atoms with Crippen molar-refractivity contribution in [1.29, 1.82) is 0 Å². The number of aliphatic imine (C=N–C) groups is 1. The average Bonchev–Trinajstić information content (AvgIpc) is 3.32. The summed E-state index contributed by atoms with van der Waals surface area (Å²) in [5.41, 5.74) is -0.653. The van der Waals surface area contributed by atoms with E-state index in [1.165, 1.54) is 4.88 Å². The standard InChI is InChI=1S/C19H32N4O2S2.HI/c1-3-20-18(22-13-19(24)6-10-26-14-19)21-11-16(17-5-4-9-27-17)23-7-8-25-15(2)12-23;/h4-5,9,15-16,24H,3,6-8,10-14H2,1-2H3,(H2,20,21,22);1H. The minimum absolute atomic E-state index is 0. The van der Waals surface area contributed by atoms with E-state index in [-0.39, 0.29) is 30.1 Å². The first-order chi connectivity index (χ1) is 13.1. The number of aliphatic hydroxyl groups is 1. The molecule has 0 aliphatic carbocycles. The van der Waals surface area contributed by atoms with E-state index in [2.05, 4.69) is 51.9 Å². The molecule has 0 amide bonds. The maximum atomic E-state index is 10.6. The van der Waals surface area contributed by atoms with Crippen molar-refractivity contribution in [2.75, 3.05) is 50.8 Å². The van der Waals surface area contributed by atoms with Gasteiger partial charge in [-0.05, 0) is 37.5 Å². The molecule has 0 saturated carbocycles. The largest absolute Gasteiger partial charge is 0.387 e. The third kappa shape index (κ3) is 7.02. The molecule has 2 aliphatic rings. The lowest BCUT2D eigenvalue weighted by atomic mass is 10.1. The quantitative estimate of drug-likeness (QED) is 0.281. The molecule has 6 nitrogen and oxygen atoms in total. The van der Waals surface area contributed by atoms with Gasteiger partial charge in [0, 0.05) is 36.8 Å². The van der Waals surface area contributed by atoms with E-state index < -0.39 is 5.60 Å². The summed E-state index contributed by atoms with van der Waals surface area (Å²) in [6, 6.07) is 4.62. The number of ether oxygens (including phenoxy) is 1. The molecule has 0 aromatic carbocycles. The number of thioether (sulfide) groups is 1. The molecular formula is C19H33IN4O2S2. The minimum Gasteiger partial charge on any atom is -0.387 e. The van der Waals surface area contributed by atoms with Crippen LogP contribution < -0.4 is 10.6 Å². The van der Waals surface area contributed by atoms with Gasteiger partial charge in [0.15, 0.2) is 5.96 Å². The fourth-order valence-corrected chi connectivity index (χ4v) is 5.65. The van der Waals surface area contributed by atoms with E-state index in [1.54, 1.807) is 23.1 Å². The molecule has 160 valence electrons. The van der Waals surface area contributed by atoms with Crippen LogP contribution in [0.1, 0.15) is 31.2 Å².